The van der Waals surface area contributed by atoms with E-state index in [1.165, 1.54) is 81.8 Å². The zero-order valence-corrected chi connectivity index (χ0v) is 22.9. The highest BCUT2D eigenvalue weighted by molar-refractivity contribution is 5.55. The topological polar surface area (TPSA) is 49.6 Å². The normalized spacial score (nSPS) is 26.4. The van der Waals surface area contributed by atoms with Crippen molar-refractivity contribution in [3.63, 3.8) is 0 Å². The van der Waals surface area contributed by atoms with Crippen LogP contribution in [0.4, 0.5) is 0 Å². The molecule has 0 N–H and O–H groups in total. The number of rotatable bonds is 11. The minimum atomic E-state index is -0.0735. The third kappa shape index (κ3) is 6.96. The fraction of sp³-hybridized carbons (Fsp3) is 0.667. The van der Waals surface area contributed by atoms with Crippen LogP contribution in [0.5, 0.6) is 0 Å². The first kappa shape index (κ1) is 26.8. The van der Waals surface area contributed by atoms with Crippen molar-refractivity contribution in [1.29, 1.82) is 5.26 Å². The molecule has 2 aliphatic rings. The minimum Gasteiger partial charge on any atom is -0.236 e. The van der Waals surface area contributed by atoms with E-state index in [2.05, 4.69) is 56.6 Å². The maximum absolute atomic E-state index is 9.79. The summed E-state index contributed by atoms with van der Waals surface area (Å²) in [4.78, 5) is 9.53. The summed E-state index contributed by atoms with van der Waals surface area (Å²) in [5.41, 5.74) is 3.76. The summed E-state index contributed by atoms with van der Waals surface area (Å²) < 4.78 is 0. The third-order valence-electron chi connectivity index (χ3n) is 9.28. The average Bonchev–Trinajstić information content (AvgIpc) is 2.95. The molecule has 0 spiro atoms. The van der Waals surface area contributed by atoms with Gasteiger partial charge < -0.3 is 0 Å². The van der Waals surface area contributed by atoms with Crippen LogP contribution in [0.3, 0.4) is 0 Å². The van der Waals surface area contributed by atoms with Crippen molar-refractivity contribution in [2.45, 2.75) is 128 Å². The summed E-state index contributed by atoms with van der Waals surface area (Å²) in [6.45, 7) is 4.51. The highest BCUT2D eigenvalue weighted by Gasteiger charge is 2.35. The molecular formula is C33H47N3. The van der Waals surface area contributed by atoms with Crippen LogP contribution in [0.1, 0.15) is 140 Å². The molecule has 0 atom stereocenters. The summed E-state index contributed by atoms with van der Waals surface area (Å²) in [6, 6.07) is 11.6. The van der Waals surface area contributed by atoms with Gasteiger partial charge in [-0.05, 0) is 86.7 Å². The standard InChI is InChI=1S/C33H47N3/c1-3-5-7-8-9-26-10-12-28(13-11-26)31-23-35-32(36-24-31)30-16-14-27(15-17-30)29-18-21-33(25-34,22-19-29)20-6-4-2/h14-17,23-24,26,28-29H,3-13,18-22H2,1-2H3. The lowest BCUT2D eigenvalue weighted by Crippen LogP contribution is -2.25. The van der Waals surface area contributed by atoms with Gasteiger partial charge in [-0.25, -0.2) is 9.97 Å². The lowest BCUT2D eigenvalue weighted by Gasteiger charge is -2.35. The molecule has 1 aromatic carbocycles. The van der Waals surface area contributed by atoms with Gasteiger partial charge in [-0.15, -0.1) is 0 Å². The predicted molar refractivity (Wildman–Crippen MR) is 150 cm³/mol. The minimum absolute atomic E-state index is 0.0735. The second-order valence-corrected chi connectivity index (χ2v) is 11.8. The summed E-state index contributed by atoms with van der Waals surface area (Å²) in [7, 11) is 0. The second kappa shape index (κ2) is 13.4. The van der Waals surface area contributed by atoms with Gasteiger partial charge in [0.05, 0.1) is 11.5 Å². The number of aromatic nitrogens is 2. The van der Waals surface area contributed by atoms with Crippen molar-refractivity contribution in [3.8, 4) is 17.5 Å². The van der Waals surface area contributed by atoms with Gasteiger partial charge >= 0.3 is 0 Å². The monoisotopic (exact) mass is 485 g/mol. The molecule has 0 unspecified atom stereocenters. The maximum Gasteiger partial charge on any atom is 0.159 e. The van der Waals surface area contributed by atoms with E-state index in [-0.39, 0.29) is 5.41 Å². The van der Waals surface area contributed by atoms with Crippen LogP contribution < -0.4 is 0 Å². The van der Waals surface area contributed by atoms with Gasteiger partial charge in [-0.2, -0.15) is 5.26 Å². The Morgan fingerprint density at radius 2 is 1.42 bits per heavy atom. The van der Waals surface area contributed by atoms with Crippen LogP contribution in [-0.2, 0) is 0 Å². The molecule has 2 aromatic rings. The quantitative estimate of drug-likeness (QED) is 0.298. The Hall–Kier alpha value is -2.21. The van der Waals surface area contributed by atoms with Crippen molar-refractivity contribution < 1.29 is 0 Å². The van der Waals surface area contributed by atoms with E-state index in [1.54, 1.807) is 0 Å². The lowest BCUT2D eigenvalue weighted by molar-refractivity contribution is 0.224. The maximum atomic E-state index is 9.79. The Labute approximate surface area is 220 Å². The summed E-state index contributed by atoms with van der Waals surface area (Å²) in [5, 5.41) is 9.79. The van der Waals surface area contributed by atoms with E-state index in [4.69, 9.17) is 9.97 Å². The average molecular weight is 486 g/mol. The molecule has 0 bridgehead atoms. The molecule has 0 saturated heterocycles. The van der Waals surface area contributed by atoms with Crippen LogP contribution in [0.2, 0.25) is 0 Å². The van der Waals surface area contributed by atoms with E-state index >= 15 is 0 Å². The fourth-order valence-corrected chi connectivity index (χ4v) is 6.68. The molecular weight excluding hydrogens is 438 g/mol. The van der Waals surface area contributed by atoms with Gasteiger partial charge in [0, 0.05) is 18.0 Å². The Kier molecular flexibility index (Phi) is 9.97. The Bertz CT molecular complexity index is 940. The van der Waals surface area contributed by atoms with Gasteiger partial charge in [-0.3, -0.25) is 0 Å². The van der Waals surface area contributed by atoms with Crippen LogP contribution in [0, 0.1) is 22.7 Å². The smallest absolute Gasteiger partial charge is 0.159 e. The molecule has 2 saturated carbocycles. The van der Waals surface area contributed by atoms with E-state index in [0.717, 1.165) is 49.4 Å². The van der Waals surface area contributed by atoms with Gasteiger partial charge in [0.25, 0.3) is 0 Å². The predicted octanol–water partition coefficient (Wildman–Crippen LogP) is 9.75. The van der Waals surface area contributed by atoms with E-state index in [9.17, 15) is 5.26 Å². The molecule has 3 heteroatoms. The highest BCUT2D eigenvalue weighted by atomic mass is 14.9. The Morgan fingerprint density at radius 1 is 0.778 bits per heavy atom. The van der Waals surface area contributed by atoms with Gasteiger partial charge in [0.15, 0.2) is 5.82 Å². The number of unbranched alkanes of at least 4 members (excludes halogenated alkanes) is 4. The summed E-state index contributed by atoms with van der Waals surface area (Å²) in [5.74, 6) is 2.99. The van der Waals surface area contributed by atoms with Crippen molar-refractivity contribution in [1.82, 2.24) is 9.97 Å². The second-order valence-electron chi connectivity index (χ2n) is 11.8. The molecule has 0 aliphatic heterocycles. The van der Waals surface area contributed by atoms with Crippen molar-refractivity contribution in [3.05, 3.63) is 47.8 Å². The molecule has 3 nitrogen and oxygen atoms in total. The molecule has 1 aromatic heterocycles. The molecule has 36 heavy (non-hydrogen) atoms. The first-order valence-electron chi connectivity index (χ1n) is 15.0. The van der Waals surface area contributed by atoms with Crippen molar-refractivity contribution in [2.24, 2.45) is 11.3 Å². The SMILES string of the molecule is CCCCCCC1CCC(c2cnc(-c3ccc(C4CCC(C#N)(CCCC)CC4)cc3)nc2)CC1. The van der Waals surface area contributed by atoms with E-state index < -0.39 is 0 Å². The summed E-state index contributed by atoms with van der Waals surface area (Å²) >= 11 is 0. The number of benzene rings is 1. The first-order valence-corrected chi connectivity index (χ1v) is 15.0. The lowest BCUT2D eigenvalue weighted by atomic mass is 9.67. The molecule has 4 rings (SSSR count). The first-order chi connectivity index (χ1) is 17.7. The van der Waals surface area contributed by atoms with E-state index in [0.29, 0.717) is 11.8 Å². The van der Waals surface area contributed by atoms with Gasteiger partial charge in [0.2, 0.25) is 0 Å². The van der Waals surface area contributed by atoms with Gasteiger partial charge in [0.1, 0.15) is 0 Å². The molecule has 2 fully saturated rings. The molecule has 194 valence electrons. The van der Waals surface area contributed by atoms with Crippen LogP contribution >= 0.6 is 0 Å². The summed E-state index contributed by atoms with van der Waals surface area (Å²) in [6.07, 6.45) is 24.2. The number of hydrogen-bond donors (Lipinski definition) is 0. The van der Waals surface area contributed by atoms with E-state index in [1.807, 2.05) is 0 Å². The molecule has 2 aliphatic carbocycles. The third-order valence-corrected chi connectivity index (χ3v) is 9.28. The molecule has 0 radical (unpaired) electrons. The van der Waals surface area contributed by atoms with Crippen molar-refractivity contribution in [2.75, 3.05) is 0 Å². The Morgan fingerprint density at radius 3 is 2.03 bits per heavy atom. The van der Waals surface area contributed by atoms with Crippen LogP contribution in [0.25, 0.3) is 11.4 Å². The highest BCUT2D eigenvalue weighted by Crippen LogP contribution is 2.45. The van der Waals surface area contributed by atoms with Crippen LogP contribution in [0.15, 0.2) is 36.7 Å². The molecule has 1 heterocycles. The van der Waals surface area contributed by atoms with Gasteiger partial charge in [-0.1, -0.05) is 83.1 Å². The zero-order valence-electron chi connectivity index (χ0n) is 22.9. The fourth-order valence-electron chi connectivity index (χ4n) is 6.68. The van der Waals surface area contributed by atoms with Crippen molar-refractivity contribution >= 4 is 0 Å². The van der Waals surface area contributed by atoms with Crippen LogP contribution in [-0.4, -0.2) is 9.97 Å². The number of hydrogen-bond acceptors (Lipinski definition) is 3. The number of nitriles is 1. The largest absolute Gasteiger partial charge is 0.236 e. The Balaban J connectivity index is 1.27. The zero-order chi connectivity index (χ0) is 25.2. The molecule has 0 amide bonds. The number of nitrogens with zero attached hydrogens (tertiary/aromatic N) is 3.